The average Bonchev–Trinajstić information content (AvgIpc) is 2.09. The molecule has 1 heterocycles. The number of nitrogens with zero attached hydrogens (tertiary/aromatic N) is 1. The lowest BCUT2D eigenvalue weighted by Gasteiger charge is -2.36. The van der Waals surface area contributed by atoms with Crippen molar-refractivity contribution in [3.05, 3.63) is 0 Å². The van der Waals surface area contributed by atoms with Gasteiger partial charge in [0.15, 0.2) is 0 Å². The lowest BCUT2D eigenvalue weighted by Crippen LogP contribution is -2.54. The molecule has 1 fully saturated rings. The van der Waals surface area contributed by atoms with Crippen LogP contribution in [0.2, 0.25) is 0 Å². The topological polar surface area (TPSA) is 95.7 Å². The molecule has 16 heavy (non-hydrogen) atoms. The van der Waals surface area contributed by atoms with Gasteiger partial charge in [-0.3, -0.25) is 0 Å². The van der Waals surface area contributed by atoms with E-state index in [1.54, 1.807) is 0 Å². The van der Waals surface area contributed by atoms with Gasteiger partial charge in [-0.05, 0) is 0 Å². The number of quaternary nitrogens is 1. The molecule has 0 aromatic rings. The van der Waals surface area contributed by atoms with Gasteiger partial charge in [-0.15, -0.1) is 0 Å². The van der Waals surface area contributed by atoms with Crippen molar-refractivity contribution in [2.45, 2.75) is 6.42 Å². The van der Waals surface area contributed by atoms with Crippen molar-refractivity contribution in [2.75, 3.05) is 43.9 Å². The van der Waals surface area contributed by atoms with Gasteiger partial charge in [0, 0.05) is 12.2 Å². The monoisotopic (exact) mass is 272 g/mol. The molecule has 1 rings (SSSR count). The molecule has 1 saturated heterocycles. The second-order valence-corrected chi connectivity index (χ2v) is 8.47. The Bertz CT molecular complexity index is 425. The first-order chi connectivity index (χ1) is 7.12. The van der Waals surface area contributed by atoms with Gasteiger partial charge >= 0.3 is 0 Å². The van der Waals surface area contributed by atoms with Crippen LogP contribution >= 0.6 is 0 Å². The molecule has 0 unspecified atom stereocenters. The van der Waals surface area contributed by atoms with Gasteiger partial charge < -0.3 is 9.04 Å². The third-order valence-corrected chi connectivity index (χ3v) is 5.42. The Morgan fingerprint density at radius 3 is 2.31 bits per heavy atom. The van der Waals surface area contributed by atoms with Crippen LogP contribution in [0, 0.1) is 0 Å². The summed E-state index contributed by atoms with van der Waals surface area (Å²) < 4.78 is 52.5. The molecule has 0 aromatic carbocycles. The summed E-state index contributed by atoms with van der Waals surface area (Å²) in [5.41, 5.74) is 0. The fourth-order valence-electron chi connectivity index (χ4n) is 1.79. The van der Waals surface area contributed by atoms with Gasteiger partial charge in [0.1, 0.15) is 11.5 Å². The number of hydrogen-bond donors (Lipinski definition) is 0. The van der Waals surface area contributed by atoms with Crippen molar-refractivity contribution in [3.8, 4) is 0 Å². The zero-order valence-corrected chi connectivity index (χ0v) is 10.9. The fraction of sp³-hybridized carbons (Fsp3) is 1.00. The standard InChI is InChI=1S/C8H17NO5S2/c1-9(3-2-6-16(12,13)14)4-7-15(10,11)8-5-9/h2-8H2,1H3/p+1. The molecule has 1 N–H and O–H groups in total. The van der Waals surface area contributed by atoms with E-state index >= 15 is 0 Å². The lowest BCUT2D eigenvalue weighted by molar-refractivity contribution is -0.906. The summed E-state index contributed by atoms with van der Waals surface area (Å²) in [5.74, 6) is 0.163. The van der Waals surface area contributed by atoms with Crippen LogP contribution in [-0.2, 0) is 20.0 Å². The van der Waals surface area contributed by atoms with E-state index in [-0.39, 0.29) is 17.3 Å². The molecule has 0 radical (unpaired) electrons. The molecule has 0 bridgehead atoms. The van der Waals surface area contributed by atoms with E-state index < -0.39 is 20.0 Å². The molecule has 0 atom stereocenters. The van der Waals surface area contributed by atoms with Crippen LogP contribution in [-0.4, -0.2) is 69.8 Å². The minimum Gasteiger partial charge on any atom is -0.748 e. The van der Waals surface area contributed by atoms with Crippen LogP contribution in [0.5, 0.6) is 0 Å². The van der Waals surface area contributed by atoms with Crippen molar-refractivity contribution in [2.24, 2.45) is 0 Å². The van der Waals surface area contributed by atoms with Crippen LogP contribution in [0.25, 0.3) is 0 Å². The maximum absolute atomic E-state index is 11.3. The largest absolute Gasteiger partial charge is 0.748 e. The molecule has 8 heteroatoms. The normalized spacial score (nSPS) is 36.1. The highest BCUT2D eigenvalue weighted by Gasteiger charge is 2.35. The highest BCUT2D eigenvalue weighted by Crippen LogP contribution is 2.12. The first kappa shape index (κ1) is 13.9. The van der Waals surface area contributed by atoms with E-state index in [4.69, 9.17) is 0 Å². The predicted octanol–water partition coefficient (Wildman–Crippen LogP) is -1.05. The van der Waals surface area contributed by atoms with Crippen LogP contribution in [0.3, 0.4) is 0 Å². The maximum Gasteiger partial charge on any atom is 0.284 e. The highest BCUT2D eigenvalue weighted by molar-refractivity contribution is 7.91. The molecule has 0 aliphatic carbocycles. The molecule has 0 saturated carbocycles. The second kappa shape index (κ2) is 4.59. The molecular formula is C8H18NO5S2+. The minimum absolute atomic E-state index is 0.258. The Morgan fingerprint density at radius 2 is 1.88 bits per heavy atom. The maximum atomic E-state index is 11.3. The Hall–Kier alpha value is -0.180. The Labute approximate surface area is 96.5 Å². The summed E-state index contributed by atoms with van der Waals surface area (Å²) in [6.07, 6.45) is 0.314. The Morgan fingerprint density at radius 1 is 1.38 bits per heavy atom. The molecule has 96 valence electrons. The summed E-state index contributed by atoms with van der Waals surface area (Å²) in [6.45, 7) is 1.69. The van der Waals surface area contributed by atoms with E-state index in [1.165, 1.54) is 0 Å². The highest BCUT2D eigenvalue weighted by atomic mass is 32.2. The van der Waals surface area contributed by atoms with Crippen LogP contribution < -0.4 is 0 Å². The van der Waals surface area contributed by atoms with Crippen molar-refractivity contribution >= 4 is 20.0 Å². The van der Waals surface area contributed by atoms with Gasteiger partial charge in [0.25, 0.3) is 9.84 Å². The molecule has 1 aliphatic heterocycles. The first-order valence-corrected chi connectivity index (χ1v) is 8.54. The fourth-order valence-corrected chi connectivity index (χ4v) is 3.93. The van der Waals surface area contributed by atoms with Gasteiger partial charge in [0.2, 0.25) is 0 Å². The van der Waals surface area contributed by atoms with E-state index in [2.05, 4.69) is 0 Å². The smallest absolute Gasteiger partial charge is 0.284 e. The van der Waals surface area contributed by atoms with Crippen molar-refractivity contribution in [1.82, 2.24) is 0 Å². The van der Waals surface area contributed by atoms with Crippen LogP contribution in [0.15, 0.2) is 0 Å². The summed E-state index contributed by atoms with van der Waals surface area (Å²) >= 11 is 0. The summed E-state index contributed by atoms with van der Waals surface area (Å²) in [5, 5.41) is 0. The van der Waals surface area contributed by atoms with Crippen LogP contribution in [0.1, 0.15) is 6.42 Å². The SMILES string of the molecule is C[N+]1(CCCS(=O)(=O)[O-])CCS(=O)(=[OH+])CC1. The van der Waals surface area contributed by atoms with Crippen molar-refractivity contribution in [1.29, 1.82) is 0 Å². The average molecular weight is 272 g/mol. The Kier molecular flexibility index (Phi) is 3.99. The zero-order chi connectivity index (χ0) is 12.4. The third kappa shape index (κ3) is 4.77. The van der Waals surface area contributed by atoms with E-state index in [0.717, 1.165) is 0 Å². The van der Waals surface area contributed by atoms with Crippen LogP contribution in [0.4, 0.5) is 0 Å². The summed E-state index contributed by atoms with van der Waals surface area (Å²) in [4.78, 5) is 0. The van der Waals surface area contributed by atoms with Gasteiger partial charge in [-0.1, -0.05) is 0 Å². The summed E-state index contributed by atoms with van der Waals surface area (Å²) in [7, 11) is -4.87. The molecule has 1 aliphatic rings. The second-order valence-electron chi connectivity index (χ2n) is 4.59. The molecule has 6 nitrogen and oxygen atoms in total. The third-order valence-electron chi connectivity index (χ3n) is 2.99. The first-order valence-electron chi connectivity index (χ1n) is 5.11. The van der Waals surface area contributed by atoms with E-state index in [0.29, 0.717) is 30.5 Å². The molecule has 0 amide bonds. The quantitative estimate of drug-likeness (QED) is 0.371. The van der Waals surface area contributed by atoms with Gasteiger partial charge in [-0.25, -0.2) is 12.6 Å². The van der Waals surface area contributed by atoms with Gasteiger partial charge in [0.05, 0.1) is 36.8 Å². The molecular weight excluding hydrogens is 254 g/mol. The lowest BCUT2D eigenvalue weighted by atomic mass is 10.3. The Balaban J connectivity index is 2.43. The number of hydrogen-bond acceptors (Lipinski definition) is 4. The predicted molar refractivity (Wildman–Crippen MR) is 59.8 cm³/mol. The van der Waals surface area contributed by atoms with Gasteiger partial charge in [-0.2, -0.15) is 4.21 Å². The molecule has 0 aromatic heterocycles. The van der Waals surface area contributed by atoms with Crippen molar-refractivity contribution < 1.29 is 25.9 Å². The van der Waals surface area contributed by atoms with Crippen molar-refractivity contribution in [3.63, 3.8) is 0 Å². The minimum atomic E-state index is -4.14. The number of rotatable bonds is 4. The zero-order valence-electron chi connectivity index (χ0n) is 9.29. The van der Waals surface area contributed by atoms with E-state index in [9.17, 15) is 21.4 Å². The summed E-state index contributed by atoms with van der Waals surface area (Å²) in [6, 6.07) is 0. The van der Waals surface area contributed by atoms with E-state index in [1.807, 2.05) is 7.05 Å². The molecule has 0 spiro atoms.